The highest BCUT2D eigenvalue weighted by Crippen LogP contribution is 2.24. The third kappa shape index (κ3) is 2.30. The van der Waals surface area contributed by atoms with Crippen LogP contribution < -0.4 is 17.0 Å². The van der Waals surface area contributed by atoms with E-state index >= 15 is 0 Å². The predicted octanol–water partition coefficient (Wildman–Crippen LogP) is 0.0857. The highest BCUT2D eigenvalue weighted by molar-refractivity contribution is 5.62. The van der Waals surface area contributed by atoms with Crippen LogP contribution in [0.5, 0.6) is 0 Å². The van der Waals surface area contributed by atoms with E-state index in [0.29, 0.717) is 5.56 Å². The topological polar surface area (TPSA) is 113 Å². The van der Waals surface area contributed by atoms with Crippen LogP contribution in [0.15, 0.2) is 40.1 Å². The standard InChI is InChI=1S/C12H12N4O4/c1-14-6-5-10(17)15(12(14)18)7-8-3-2-4-9(11(8)13)16(19)20/h2-6H,7,13H2,1H3. The second-order valence-electron chi connectivity index (χ2n) is 4.24. The van der Waals surface area contributed by atoms with Crippen molar-refractivity contribution in [1.29, 1.82) is 0 Å². The Kier molecular flexibility index (Phi) is 3.38. The Hall–Kier alpha value is -2.90. The van der Waals surface area contributed by atoms with Gasteiger partial charge in [0.1, 0.15) is 5.69 Å². The van der Waals surface area contributed by atoms with Crippen molar-refractivity contribution in [2.75, 3.05) is 5.73 Å². The van der Waals surface area contributed by atoms with Gasteiger partial charge in [-0.15, -0.1) is 0 Å². The van der Waals surface area contributed by atoms with Gasteiger partial charge in [0.2, 0.25) is 0 Å². The van der Waals surface area contributed by atoms with Crippen LogP contribution in [0.4, 0.5) is 11.4 Å². The number of nitrogen functional groups attached to an aromatic ring is 1. The molecular weight excluding hydrogens is 264 g/mol. The summed E-state index contributed by atoms with van der Waals surface area (Å²) in [5, 5.41) is 10.8. The Bertz CT molecular complexity index is 791. The minimum absolute atomic E-state index is 0.0460. The molecule has 1 aromatic heterocycles. The van der Waals surface area contributed by atoms with Crippen molar-refractivity contribution in [3.63, 3.8) is 0 Å². The van der Waals surface area contributed by atoms with E-state index in [4.69, 9.17) is 5.73 Å². The third-order valence-electron chi connectivity index (χ3n) is 2.94. The van der Waals surface area contributed by atoms with E-state index in [1.807, 2.05) is 0 Å². The number of anilines is 1. The van der Waals surface area contributed by atoms with Gasteiger partial charge in [0.05, 0.1) is 11.5 Å². The lowest BCUT2D eigenvalue weighted by Gasteiger charge is -2.09. The van der Waals surface area contributed by atoms with Crippen molar-refractivity contribution >= 4 is 11.4 Å². The summed E-state index contributed by atoms with van der Waals surface area (Å²) in [4.78, 5) is 33.8. The Morgan fingerprint density at radius 2 is 2.00 bits per heavy atom. The van der Waals surface area contributed by atoms with Crippen LogP contribution in [0, 0.1) is 10.1 Å². The SMILES string of the molecule is Cn1ccc(=O)n(Cc2cccc([N+](=O)[O-])c2N)c1=O. The van der Waals surface area contributed by atoms with E-state index in [0.717, 1.165) is 4.57 Å². The van der Waals surface area contributed by atoms with Gasteiger partial charge < -0.3 is 10.3 Å². The van der Waals surface area contributed by atoms with E-state index in [1.54, 1.807) is 6.07 Å². The summed E-state index contributed by atoms with van der Waals surface area (Å²) in [7, 11) is 1.51. The number of nitrogens with zero attached hydrogens (tertiary/aromatic N) is 3. The number of nitro groups is 1. The fraction of sp³-hybridized carbons (Fsp3) is 0.167. The molecule has 1 heterocycles. The molecule has 0 aliphatic rings. The average molecular weight is 276 g/mol. The van der Waals surface area contributed by atoms with E-state index in [1.165, 1.54) is 36.0 Å². The van der Waals surface area contributed by atoms with Crippen molar-refractivity contribution in [2.45, 2.75) is 6.54 Å². The second kappa shape index (κ2) is 5.00. The van der Waals surface area contributed by atoms with Crippen LogP contribution in [-0.4, -0.2) is 14.1 Å². The van der Waals surface area contributed by atoms with Crippen LogP contribution >= 0.6 is 0 Å². The summed E-state index contributed by atoms with van der Waals surface area (Å²) in [5.74, 6) is 0. The molecule has 2 aromatic rings. The number of hydrogen-bond donors (Lipinski definition) is 1. The van der Waals surface area contributed by atoms with E-state index < -0.39 is 16.2 Å². The first-order valence-electron chi connectivity index (χ1n) is 5.70. The van der Waals surface area contributed by atoms with Gasteiger partial charge in [0.25, 0.3) is 11.2 Å². The van der Waals surface area contributed by atoms with Crippen LogP contribution in [0.3, 0.4) is 0 Å². The average Bonchev–Trinajstić information content (AvgIpc) is 2.40. The minimum Gasteiger partial charge on any atom is -0.393 e. The van der Waals surface area contributed by atoms with Gasteiger partial charge in [-0.05, 0) is 0 Å². The maximum Gasteiger partial charge on any atom is 0.331 e. The monoisotopic (exact) mass is 276 g/mol. The molecule has 0 fully saturated rings. The van der Waals surface area contributed by atoms with Gasteiger partial charge in [-0.25, -0.2) is 4.79 Å². The quantitative estimate of drug-likeness (QED) is 0.484. The lowest BCUT2D eigenvalue weighted by molar-refractivity contribution is -0.383. The summed E-state index contributed by atoms with van der Waals surface area (Å²) >= 11 is 0. The largest absolute Gasteiger partial charge is 0.393 e. The molecule has 0 saturated carbocycles. The normalized spacial score (nSPS) is 10.4. The van der Waals surface area contributed by atoms with Crippen molar-refractivity contribution in [1.82, 2.24) is 9.13 Å². The zero-order valence-electron chi connectivity index (χ0n) is 10.6. The number of nitro benzene ring substituents is 1. The fourth-order valence-electron chi connectivity index (χ4n) is 1.83. The molecular formula is C12H12N4O4. The van der Waals surface area contributed by atoms with E-state index in [9.17, 15) is 19.7 Å². The zero-order chi connectivity index (χ0) is 14.9. The van der Waals surface area contributed by atoms with Crippen molar-refractivity contribution in [2.24, 2.45) is 7.05 Å². The first kappa shape index (κ1) is 13.5. The van der Waals surface area contributed by atoms with Gasteiger partial charge in [0.15, 0.2) is 0 Å². The molecule has 0 atom stereocenters. The molecule has 0 unspecified atom stereocenters. The molecule has 0 aliphatic carbocycles. The number of hydrogen-bond acceptors (Lipinski definition) is 5. The second-order valence-corrected chi connectivity index (χ2v) is 4.24. The molecule has 0 spiro atoms. The Morgan fingerprint density at radius 3 is 2.65 bits per heavy atom. The molecule has 20 heavy (non-hydrogen) atoms. The Balaban J connectivity index is 2.54. The van der Waals surface area contributed by atoms with E-state index in [-0.39, 0.29) is 17.9 Å². The number of aryl methyl sites for hydroxylation is 1. The Labute approximate surface area is 112 Å². The first-order chi connectivity index (χ1) is 9.41. The molecule has 1 aromatic carbocycles. The summed E-state index contributed by atoms with van der Waals surface area (Å²) in [6.45, 7) is -0.111. The van der Waals surface area contributed by atoms with Gasteiger partial charge in [-0.1, -0.05) is 12.1 Å². The van der Waals surface area contributed by atoms with Crippen molar-refractivity contribution in [3.05, 3.63) is 67.0 Å². The van der Waals surface area contributed by atoms with Crippen LogP contribution in [-0.2, 0) is 13.6 Å². The number of para-hydroxylation sites is 1. The molecule has 2 N–H and O–H groups in total. The number of nitrogens with two attached hydrogens (primary N) is 1. The lowest BCUT2D eigenvalue weighted by Crippen LogP contribution is -2.38. The van der Waals surface area contributed by atoms with Crippen LogP contribution in [0.2, 0.25) is 0 Å². The third-order valence-corrected chi connectivity index (χ3v) is 2.94. The molecule has 2 rings (SSSR count). The number of rotatable bonds is 3. The van der Waals surface area contributed by atoms with Gasteiger partial charge in [0, 0.05) is 30.9 Å². The number of aromatic nitrogens is 2. The van der Waals surface area contributed by atoms with E-state index in [2.05, 4.69) is 0 Å². The summed E-state index contributed by atoms with van der Waals surface area (Å²) in [6, 6.07) is 5.52. The molecule has 0 aliphatic heterocycles. The lowest BCUT2D eigenvalue weighted by atomic mass is 10.1. The highest BCUT2D eigenvalue weighted by atomic mass is 16.6. The van der Waals surface area contributed by atoms with Crippen LogP contribution in [0.1, 0.15) is 5.56 Å². The summed E-state index contributed by atoms with van der Waals surface area (Å²) in [6.07, 6.45) is 1.36. The van der Waals surface area contributed by atoms with Gasteiger partial charge in [-0.3, -0.25) is 19.5 Å². The molecule has 8 heteroatoms. The maximum absolute atomic E-state index is 11.9. The highest BCUT2D eigenvalue weighted by Gasteiger charge is 2.15. The van der Waals surface area contributed by atoms with Gasteiger partial charge >= 0.3 is 5.69 Å². The Morgan fingerprint density at radius 1 is 1.30 bits per heavy atom. The zero-order valence-corrected chi connectivity index (χ0v) is 10.6. The number of benzene rings is 1. The minimum atomic E-state index is -0.606. The molecule has 0 bridgehead atoms. The molecule has 8 nitrogen and oxygen atoms in total. The first-order valence-corrected chi connectivity index (χ1v) is 5.70. The van der Waals surface area contributed by atoms with Crippen molar-refractivity contribution < 1.29 is 4.92 Å². The predicted molar refractivity (Wildman–Crippen MR) is 72.6 cm³/mol. The molecule has 0 radical (unpaired) electrons. The summed E-state index contributed by atoms with van der Waals surface area (Å²) < 4.78 is 2.21. The van der Waals surface area contributed by atoms with Gasteiger partial charge in [-0.2, -0.15) is 0 Å². The smallest absolute Gasteiger partial charge is 0.331 e. The molecule has 0 saturated heterocycles. The van der Waals surface area contributed by atoms with Crippen LogP contribution in [0.25, 0.3) is 0 Å². The van der Waals surface area contributed by atoms with Crippen molar-refractivity contribution in [3.8, 4) is 0 Å². The fourth-order valence-corrected chi connectivity index (χ4v) is 1.83. The summed E-state index contributed by atoms with van der Waals surface area (Å²) in [5.41, 5.74) is 4.77. The maximum atomic E-state index is 11.9. The molecule has 0 amide bonds. The molecule has 104 valence electrons.